The molecule has 3 rings (SSSR count). The highest BCUT2D eigenvalue weighted by Gasteiger charge is 2.23. The summed E-state index contributed by atoms with van der Waals surface area (Å²) < 4.78 is 0. The normalized spacial score (nSPS) is 18.0. The summed E-state index contributed by atoms with van der Waals surface area (Å²) in [6.45, 7) is 5.83. The van der Waals surface area contributed by atoms with Gasteiger partial charge >= 0.3 is 0 Å². The van der Waals surface area contributed by atoms with Crippen LogP contribution in [0.4, 0.5) is 0 Å². The lowest BCUT2D eigenvalue weighted by Gasteiger charge is -2.16. The summed E-state index contributed by atoms with van der Waals surface area (Å²) in [4.78, 5) is 14.5. The summed E-state index contributed by atoms with van der Waals surface area (Å²) in [6, 6.07) is 12.5. The second-order valence-electron chi connectivity index (χ2n) is 6.48. The van der Waals surface area contributed by atoms with Gasteiger partial charge in [0.05, 0.1) is 0 Å². The first kappa shape index (κ1) is 16.7. The van der Waals surface area contributed by atoms with Crippen LogP contribution in [0.15, 0.2) is 36.4 Å². The molecule has 5 heteroatoms. The Labute approximate surface area is 143 Å². The van der Waals surface area contributed by atoms with Crippen LogP contribution >= 0.6 is 0 Å². The van der Waals surface area contributed by atoms with Crippen molar-refractivity contribution in [1.82, 2.24) is 20.4 Å². The number of benzene rings is 1. The predicted molar refractivity (Wildman–Crippen MR) is 95.2 cm³/mol. The number of aryl methyl sites for hydroxylation is 1. The molecule has 5 nitrogen and oxygen atoms in total. The van der Waals surface area contributed by atoms with Gasteiger partial charge in [0.1, 0.15) is 5.69 Å². The zero-order valence-electron chi connectivity index (χ0n) is 14.3. The van der Waals surface area contributed by atoms with E-state index in [-0.39, 0.29) is 5.91 Å². The fraction of sp³-hybridized carbons (Fsp3) is 0.474. The van der Waals surface area contributed by atoms with Crippen LogP contribution in [0.5, 0.6) is 0 Å². The number of amides is 1. The Kier molecular flexibility index (Phi) is 5.64. The fourth-order valence-electron chi connectivity index (χ4n) is 3.33. The number of H-pyrrole nitrogens is 1. The minimum atomic E-state index is -0.0904. The molecule has 1 aromatic carbocycles. The maximum Gasteiger partial charge on any atom is 0.271 e. The first-order valence-electron chi connectivity index (χ1n) is 8.86. The molecule has 128 valence electrons. The summed E-state index contributed by atoms with van der Waals surface area (Å²) >= 11 is 0. The monoisotopic (exact) mass is 326 g/mol. The Morgan fingerprint density at radius 3 is 3.00 bits per heavy atom. The van der Waals surface area contributed by atoms with Crippen LogP contribution in [0.3, 0.4) is 0 Å². The standard InChI is InChI=1S/C19H26N4O/c1-2-6-17-13-18(22-21-17)19(24)20-10-12-23-11-9-16(14-23)15-7-4-3-5-8-15/h3-5,7-8,13,16H,2,6,9-12,14H2,1H3,(H,20,24)(H,21,22)/t16-/m1/s1. The highest BCUT2D eigenvalue weighted by atomic mass is 16.1. The van der Waals surface area contributed by atoms with Gasteiger partial charge in [-0.3, -0.25) is 9.89 Å². The molecule has 0 bridgehead atoms. The number of nitrogens with zero attached hydrogens (tertiary/aromatic N) is 2. The van der Waals surface area contributed by atoms with Gasteiger partial charge in [-0.25, -0.2) is 0 Å². The molecule has 1 aliphatic heterocycles. The zero-order chi connectivity index (χ0) is 16.8. The smallest absolute Gasteiger partial charge is 0.271 e. The maximum absolute atomic E-state index is 12.1. The van der Waals surface area contributed by atoms with E-state index < -0.39 is 0 Å². The predicted octanol–water partition coefficient (Wildman–Crippen LogP) is 2.58. The second kappa shape index (κ2) is 8.11. The van der Waals surface area contributed by atoms with Crippen molar-refractivity contribution in [2.75, 3.05) is 26.2 Å². The average Bonchev–Trinajstić information content (AvgIpc) is 3.26. The van der Waals surface area contributed by atoms with Gasteiger partial charge in [-0.15, -0.1) is 0 Å². The SMILES string of the molecule is CCCc1cc(C(=O)NCCN2CC[C@@H](c3ccccc3)C2)n[nH]1. The van der Waals surface area contributed by atoms with E-state index in [0.29, 0.717) is 18.2 Å². The Bertz CT molecular complexity index is 652. The molecule has 0 spiro atoms. The molecule has 1 saturated heterocycles. The second-order valence-corrected chi connectivity index (χ2v) is 6.48. The molecule has 2 N–H and O–H groups in total. The number of carbonyl (C=O) groups is 1. The Morgan fingerprint density at radius 2 is 2.21 bits per heavy atom. The summed E-state index contributed by atoms with van der Waals surface area (Å²) in [6.07, 6.45) is 3.16. The zero-order valence-corrected chi connectivity index (χ0v) is 14.3. The molecule has 1 atom stereocenters. The van der Waals surface area contributed by atoms with Crippen molar-refractivity contribution >= 4 is 5.91 Å². The molecule has 0 aliphatic carbocycles. The van der Waals surface area contributed by atoms with Gasteiger partial charge in [0, 0.05) is 25.3 Å². The molecular weight excluding hydrogens is 300 g/mol. The van der Waals surface area contributed by atoms with Crippen LogP contribution in [0.2, 0.25) is 0 Å². The molecule has 0 radical (unpaired) electrons. The number of nitrogens with one attached hydrogen (secondary N) is 2. The number of likely N-dealkylation sites (tertiary alicyclic amines) is 1. The fourth-order valence-corrected chi connectivity index (χ4v) is 3.33. The number of hydrogen-bond donors (Lipinski definition) is 2. The van der Waals surface area contributed by atoms with Crippen LogP contribution in [0, 0.1) is 0 Å². The van der Waals surface area contributed by atoms with Crippen molar-refractivity contribution in [2.24, 2.45) is 0 Å². The summed E-state index contributed by atoms with van der Waals surface area (Å²) in [5.74, 6) is 0.525. The van der Waals surface area contributed by atoms with Gasteiger partial charge in [0.25, 0.3) is 5.91 Å². The molecule has 24 heavy (non-hydrogen) atoms. The lowest BCUT2D eigenvalue weighted by Crippen LogP contribution is -2.34. The summed E-state index contributed by atoms with van der Waals surface area (Å²) in [5, 5.41) is 9.98. The van der Waals surface area contributed by atoms with E-state index in [1.54, 1.807) is 0 Å². The number of rotatable bonds is 7. The lowest BCUT2D eigenvalue weighted by atomic mass is 9.99. The van der Waals surface area contributed by atoms with Gasteiger partial charge < -0.3 is 10.2 Å². The first-order valence-corrected chi connectivity index (χ1v) is 8.86. The van der Waals surface area contributed by atoms with Crippen molar-refractivity contribution in [3.63, 3.8) is 0 Å². The van der Waals surface area contributed by atoms with E-state index >= 15 is 0 Å². The van der Waals surface area contributed by atoms with Crippen LogP contribution in [-0.4, -0.2) is 47.2 Å². The van der Waals surface area contributed by atoms with Crippen LogP contribution in [0.25, 0.3) is 0 Å². The third-order valence-corrected chi connectivity index (χ3v) is 4.64. The molecule has 1 aliphatic rings. The molecule has 1 fully saturated rings. The summed E-state index contributed by atoms with van der Waals surface area (Å²) in [7, 11) is 0. The molecule has 0 saturated carbocycles. The molecule has 0 unspecified atom stereocenters. The molecule has 1 aromatic heterocycles. The average molecular weight is 326 g/mol. The van der Waals surface area contributed by atoms with Gasteiger partial charge in [-0.05, 0) is 36.9 Å². The van der Waals surface area contributed by atoms with E-state index in [4.69, 9.17) is 0 Å². The molecule has 2 heterocycles. The van der Waals surface area contributed by atoms with Crippen LogP contribution < -0.4 is 5.32 Å². The Hall–Kier alpha value is -2.14. The largest absolute Gasteiger partial charge is 0.349 e. The van der Waals surface area contributed by atoms with E-state index in [0.717, 1.165) is 38.2 Å². The number of carbonyl (C=O) groups excluding carboxylic acids is 1. The lowest BCUT2D eigenvalue weighted by molar-refractivity contribution is 0.0944. The molecule has 1 amide bonds. The topological polar surface area (TPSA) is 61.0 Å². The third-order valence-electron chi connectivity index (χ3n) is 4.64. The van der Waals surface area contributed by atoms with Crippen molar-refractivity contribution < 1.29 is 4.79 Å². The van der Waals surface area contributed by atoms with Crippen LogP contribution in [0.1, 0.15) is 47.4 Å². The Morgan fingerprint density at radius 1 is 1.38 bits per heavy atom. The first-order chi connectivity index (χ1) is 11.8. The van der Waals surface area contributed by atoms with E-state index in [9.17, 15) is 4.79 Å². The number of aromatic nitrogens is 2. The van der Waals surface area contributed by atoms with Gasteiger partial charge in [-0.1, -0.05) is 43.7 Å². The van der Waals surface area contributed by atoms with Gasteiger partial charge in [0.2, 0.25) is 0 Å². The minimum Gasteiger partial charge on any atom is -0.349 e. The molecular formula is C19H26N4O. The van der Waals surface area contributed by atoms with E-state index in [1.165, 1.54) is 12.0 Å². The van der Waals surface area contributed by atoms with E-state index in [2.05, 4.69) is 57.7 Å². The quantitative estimate of drug-likeness (QED) is 0.822. The van der Waals surface area contributed by atoms with Gasteiger partial charge in [-0.2, -0.15) is 5.10 Å². The maximum atomic E-state index is 12.1. The molecule has 2 aromatic rings. The number of aromatic amines is 1. The van der Waals surface area contributed by atoms with Crippen LogP contribution in [-0.2, 0) is 6.42 Å². The highest BCUT2D eigenvalue weighted by molar-refractivity contribution is 5.92. The third kappa shape index (κ3) is 4.23. The highest BCUT2D eigenvalue weighted by Crippen LogP contribution is 2.26. The van der Waals surface area contributed by atoms with Gasteiger partial charge in [0.15, 0.2) is 0 Å². The minimum absolute atomic E-state index is 0.0904. The number of hydrogen-bond acceptors (Lipinski definition) is 3. The van der Waals surface area contributed by atoms with E-state index in [1.807, 2.05) is 6.07 Å². The Balaban J connectivity index is 1.41. The van der Waals surface area contributed by atoms with Crippen molar-refractivity contribution in [3.05, 3.63) is 53.3 Å². The van der Waals surface area contributed by atoms with Crippen molar-refractivity contribution in [3.8, 4) is 0 Å². The van der Waals surface area contributed by atoms with Crippen molar-refractivity contribution in [2.45, 2.75) is 32.1 Å². The summed E-state index contributed by atoms with van der Waals surface area (Å²) in [5.41, 5.74) is 2.93. The van der Waals surface area contributed by atoms with Crippen molar-refractivity contribution in [1.29, 1.82) is 0 Å².